The maximum Gasteiger partial charge on any atom is 0.0572 e. The van der Waals surface area contributed by atoms with Crippen LogP contribution in [0.15, 0.2) is 42.5 Å². The summed E-state index contributed by atoms with van der Waals surface area (Å²) in [7, 11) is 0. The van der Waals surface area contributed by atoms with Crippen LogP contribution in [0.5, 0.6) is 0 Å². The standard InChI is InChI=1S/C12H14O/c1-10-7-8-13-9-12(10)11-5-3-2-4-6-11/h2-6,12H,1,7-9H2/t12-/m1/s1. The van der Waals surface area contributed by atoms with Gasteiger partial charge in [-0.05, 0) is 12.0 Å². The van der Waals surface area contributed by atoms with Crippen molar-refractivity contribution in [3.63, 3.8) is 0 Å². The molecule has 0 amide bonds. The first-order chi connectivity index (χ1) is 6.38. The van der Waals surface area contributed by atoms with Crippen LogP contribution in [0.4, 0.5) is 0 Å². The van der Waals surface area contributed by atoms with E-state index in [1.54, 1.807) is 0 Å². The molecule has 13 heavy (non-hydrogen) atoms. The van der Waals surface area contributed by atoms with Gasteiger partial charge in [0.25, 0.3) is 0 Å². The first kappa shape index (κ1) is 8.52. The molecule has 0 spiro atoms. The molecule has 1 heterocycles. The molecule has 0 radical (unpaired) electrons. The van der Waals surface area contributed by atoms with Crippen LogP contribution < -0.4 is 0 Å². The van der Waals surface area contributed by atoms with Crippen molar-refractivity contribution in [1.29, 1.82) is 0 Å². The molecule has 1 aromatic rings. The summed E-state index contributed by atoms with van der Waals surface area (Å²) in [5.74, 6) is 0.412. The van der Waals surface area contributed by atoms with E-state index in [0.717, 1.165) is 19.6 Å². The Balaban J connectivity index is 2.20. The van der Waals surface area contributed by atoms with Crippen LogP contribution in [0.1, 0.15) is 17.9 Å². The van der Waals surface area contributed by atoms with E-state index in [-0.39, 0.29) is 0 Å². The summed E-state index contributed by atoms with van der Waals surface area (Å²) in [4.78, 5) is 0. The van der Waals surface area contributed by atoms with Crippen LogP contribution in [0, 0.1) is 0 Å². The van der Waals surface area contributed by atoms with Crippen molar-refractivity contribution in [2.75, 3.05) is 13.2 Å². The van der Waals surface area contributed by atoms with Gasteiger partial charge in [0.05, 0.1) is 13.2 Å². The Kier molecular flexibility index (Phi) is 2.46. The summed E-state index contributed by atoms with van der Waals surface area (Å²) in [5, 5.41) is 0. The third-order valence-corrected chi connectivity index (χ3v) is 2.55. The number of hydrogen-bond donors (Lipinski definition) is 0. The zero-order chi connectivity index (χ0) is 9.10. The van der Waals surface area contributed by atoms with E-state index in [0.29, 0.717) is 5.92 Å². The second kappa shape index (κ2) is 3.75. The second-order valence-electron chi connectivity index (χ2n) is 3.45. The Labute approximate surface area is 79.0 Å². The number of rotatable bonds is 1. The van der Waals surface area contributed by atoms with Gasteiger partial charge in [0.2, 0.25) is 0 Å². The minimum atomic E-state index is 0.412. The van der Waals surface area contributed by atoms with Crippen LogP contribution in [-0.4, -0.2) is 13.2 Å². The summed E-state index contributed by atoms with van der Waals surface area (Å²) in [6.45, 7) is 5.72. The predicted molar refractivity (Wildman–Crippen MR) is 53.8 cm³/mol. The van der Waals surface area contributed by atoms with E-state index in [1.165, 1.54) is 11.1 Å². The van der Waals surface area contributed by atoms with E-state index < -0.39 is 0 Å². The molecule has 2 rings (SSSR count). The summed E-state index contributed by atoms with van der Waals surface area (Å²) >= 11 is 0. The molecule has 0 saturated carbocycles. The lowest BCUT2D eigenvalue weighted by Crippen LogP contribution is -2.17. The highest BCUT2D eigenvalue weighted by molar-refractivity contribution is 5.28. The molecule has 1 aliphatic rings. The average molecular weight is 174 g/mol. The summed E-state index contributed by atoms with van der Waals surface area (Å²) in [6.07, 6.45) is 1.000. The maximum absolute atomic E-state index is 5.45. The Morgan fingerprint density at radius 3 is 2.69 bits per heavy atom. The van der Waals surface area contributed by atoms with Gasteiger partial charge in [-0.25, -0.2) is 0 Å². The minimum Gasteiger partial charge on any atom is -0.380 e. The second-order valence-corrected chi connectivity index (χ2v) is 3.45. The SMILES string of the molecule is C=C1CCOC[C@H]1c1ccccc1. The quantitative estimate of drug-likeness (QED) is 0.595. The summed E-state index contributed by atoms with van der Waals surface area (Å²) < 4.78 is 5.45. The van der Waals surface area contributed by atoms with Gasteiger partial charge in [0.1, 0.15) is 0 Å². The highest BCUT2D eigenvalue weighted by Gasteiger charge is 2.18. The van der Waals surface area contributed by atoms with Crippen molar-refractivity contribution in [3.8, 4) is 0 Å². The Morgan fingerprint density at radius 2 is 2.00 bits per heavy atom. The number of benzene rings is 1. The summed E-state index contributed by atoms with van der Waals surface area (Å²) in [5.41, 5.74) is 2.63. The molecular formula is C12H14O. The van der Waals surface area contributed by atoms with Gasteiger partial charge in [-0.2, -0.15) is 0 Å². The van der Waals surface area contributed by atoms with Crippen molar-refractivity contribution < 1.29 is 4.74 Å². The van der Waals surface area contributed by atoms with Gasteiger partial charge in [-0.15, -0.1) is 0 Å². The fraction of sp³-hybridized carbons (Fsp3) is 0.333. The third kappa shape index (κ3) is 1.81. The van der Waals surface area contributed by atoms with Gasteiger partial charge >= 0.3 is 0 Å². The van der Waals surface area contributed by atoms with Crippen molar-refractivity contribution in [2.24, 2.45) is 0 Å². The third-order valence-electron chi connectivity index (χ3n) is 2.55. The highest BCUT2D eigenvalue weighted by Crippen LogP contribution is 2.28. The van der Waals surface area contributed by atoms with E-state index in [1.807, 2.05) is 6.07 Å². The van der Waals surface area contributed by atoms with Crippen LogP contribution in [-0.2, 0) is 4.74 Å². The zero-order valence-corrected chi connectivity index (χ0v) is 7.70. The fourth-order valence-corrected chi connectivity index (χ4v) is 1.71. The molecule has 0 N–H and O–H groups in total. The molecular weight excluding hydrogens is 160 g/mol. The summed E-state index contributed by atoms with van der Waals surface area (Å²) in [6, 6.07) is 10.5. The van der Waals surface area contributed by atoms with E-state index in [2.05, 4.69) is 30.8 Å². The molecule has 1 fully saturated rings. The van der Waals surface area contributed by atoms with E-state index >= 15 is 0 Å². The van der Waals surface area contributed by atoms with E-state index in [9.17, 15) is 0 Å². The van der Waals surface area contributed by atoms with Gasteiger partial charge < -0.3 is 4.74 Å². The number of ether oxygens (including phenoxy) is 1. The predicted octanol–water partition coefficient (Wildman–Crippen LogP) is 2.75. The normalized spacial score (nSPS) is 23.1. The fourth-order valence-electron chi connectivity index (χ4n) is 1.71. The van der Waals surface area contributed by atoms with E-state index in [4.69, 9.17) is 4.74 Å². The molecule has 0 unspecified atom stereocenters. The lowest BCUT2D eigenvalue weighted by molar-refractivity contribution is 0.106. The molecule has 1 heteroatoms. The van der Waals surface area contributed by atoms with Crippen LogP contribution in [0.25, 0.3) is 0 Å². The zero-order valence-electron chi connectivity index (χ0n) is 7.70. The molecule has 1 aliphatic heterocycles. The van der Waals surface area contributed by atoms with Crippen molar-refractivity contribution >= 4 is 0 Å². The molecule has 0 aromatic heterocycles. The topological polar surface area (TPSA) is 9.23 Å². The molecule has 0 bridgehead atoms. The molecule has 0 aliphatic carbocycles. The Bertz CT molecular complexity index is 289. The molecule has 1 saturated heterocycles. The smallest absolute Gasteiger partial charge is 0.0572 e. The van der Waals surface area contributed by atoms with Crippen molar-refractivity contribution in [2.45, 2.75) is 12.3 Å². The van der Waals surface area contributed by atoms with Crippen LogP contribution in [0.2, 0.25) is 0 Å². The van der Waals surface area contributed by atoms with Gasteiger partial charge in [-0.1, -0.05) is 42.5 Å². The molecule has 1 atom stereocenters. The Hall–Kier alpha value is -1.08. The van der Waals surface area contributed by atoms with Crippen LogP contribution >= 0.6 is 0 Å². The lowest BCUT2D eigenvalue weighted by atomic mass is 9.90. The molecule has 1 nitrogen and oxygen atoms in total. The minimum absolute atomic E-state index is 0.412. The number of hydrogen-bond acceptors (Lipinski definition) is 1. The Morgan fingerprint density at radius 1 is 1.23 bits per heavy atom. The average Bonchev–Trinajstić information content (AvgIpc) is 2.20. The monoisotopic (exact) mass is 174 g/mol. The lowest BCUT2D eigenvalue weighted by Gasteiger charge is -2.25. The largest absolute Gasteiger partial charge is 0.380 e. The molecule has 1 aromatic carbocycles. The molecule has 68 valence electrons. The van der Waals surface area contributed by atoms with Gasteiger partial charge in [0, 0.05) is 5.92 Å². The first-order valence-corrected chi connectivity index (χ1v) is 4.68. The van der Waals surface area contributed by atoms with Gasteiger partial charge in [0.15, 0.2) is 0 Å². The highest BCUT2D eigenvalue weighted by atomic mass is 16.5. The first-order valence-electron chi connectivity index (χ1n) is 4.68. The van der Waals surface area contributed by atoms with Crippen LogP contribution in [0.3, 0.4) is 0 Å². The van der Waals surface area contributed by atoms with Crippen molar-refractivity contribution in [3.05, 3.63) is 48.0 Å². The maximum atomic E-state index is 5.45. The van der Waals surface area contributed by atoms with Crippen molar-refractivity contribution in [1.82, 2.24) is 0 Å². The van der Waals surface area contributed by atoms with Gasteiger partial charge in [-0.3, -0.25) is 0 Å².